The molecule has 24 heavy (non-hydrogen) atoms. The van der Waals surface area contributed by atoms with E-state index in [1.54, 1.807) is 6.07 Å². The summed E-state index contributed by atoms with van der Waals surface area (Å²) in [4.78, 5) is 14.3. The van der Waals surface area contributed by atoms with E-state index in [-0.39, 0.29) is 5.91 Å². The molecule has 0 atom stereocenters. The molecule has 0 unspecified atom stereocenters. The minimum atomic E-state index is -0.116. The highest BCUT2D eigenvalue weighted by Gasteiger charge is 2.10. The van der Waals surface area contributed by atoms with Crippen molar-refractivity contribution in [3.8, 4) is 10.6 Å². The maximum atomic E-state index is 12.3. The Morgan fingerprint density at radius 2 is 1.88 bits per heavy atom. The molecule has 1 N–H and O–H groups in total. The Morgan fingerprint density at radius 3 is 2.62 bits per heavy atom. The number of carbonyl (C=O) groups excluding carboxylic acids is 1. The SMILES string of the molecule is CN(C)c1cccc(C(=O)NCc2nnc(-c3ccccc3)s2)c1. The lowest BCUT2D eigenvalue weighted by molar-refractivity contribution is 0.0951. The number of rotatable bonds is 5. The Kier molecular flexibility index (Phi) is 4.86. The van der Waals surface area contributed by atoms with Gasteiger partial charge in [0.1, 0.15) is 10.0 Å². The standard InChI is InChI=1S/C18H18N4OS/c1-22(2)15-10-6-9-14(11-15)17(23)19-12-16-20-21-18(24-16)13-7-4-3-5-8-13/h3-11H,12H2,1-2H3,(H,19,23). The summed E-state index contributed by atoms with van der Waals surface area (Å²) >= 11 is 1.49. The fraction of sp³-hybridized carbons (Fsp3) is 0.167. The van der Waals surface area contributed by atoms with Gasteiger partial charge in [-0.1, -0.05) is 47.7 Å². The molecule has 6 heteroatoms. The van der Waals surface area contributed by atoms with Gasteiger partial charge in [-0.15, -0.1) is 10.2 Å². The largest absolute Gasteiger partial charge is 0.378 e. The van der Waals surface area contributed by atoms with E-state index in [1.807, 2.05) is 67.5 Å². The van der Waals surface area contributed by atoms with E-state index in [9.17, 15) is 4.79 Å². The molecule has 0 aliphatic carbocycles. The highest BCUT2D eigenvalue weighted by Crippen LogP contribution is 2.23. The summed E-state index contributed by atoms with van der Waals surface area (Å²) in [6, 6.07) is 17.4. The quantitative estimate of drug-likeness (QED) is 0.776. The van der Waals surface area contributed by atoms with Gasteiger partial charge >= 0.3 is 0 Å². The summed E-state index contributed by atoms with van der Waals surface area (Å²) in [5.41, 5.74) is 2.66. The molecule has 3 rings (SSSR count). The highest BCUT2D eigenvalue weighted by atomic mass is 32.1. The molecule has 2 aromatic carbocycles. The topological polar surface area (TPSA) is 58.1 Å². The molecule has 1 aromatic heterocycles. The molecular formula is C18H18N4OS. The van der Waals surface area contributed by atoms with Crippen LogP contribution < -0.4 is 10.2 Å². The first kappa shape index (κ1) is 16.1. The minimum Gasteiger partial charge on any atom is -0.378 e. The van der Waals surface area contributed by atoms with Gasteiger partial charge in [-0.25, -0.2) is 0 Å². The third-order valence-electron chi connectivity index (χ3n) is 3.51. The number of benzene rings is 2. The van der Waals surface area contributed by atoms with Crippen LogP contribution in [0.2, 0.25) is 0 Å². The fourth-order valence-corrected chi connectivity index (χ4v) is 2.99. The zero-order chi connectivity index (χ0) is 16.9. The van der Waals surface area contributed by atoms with Crippen LogP contribution in [0.5, 0.6) is 0 Å². The number of hydrogen-bond donors (Lipinski definition) is 1. The van der Waals surface area contributed by atoms with Crippen LogP contribution in [0.3, 0.4) is 0 Å². The lowest BCUT2D eigenvalue weighted by atomic mass is 10.2. The third kappa shape index (κ3) is 3.78. The Balaban J connectivity index is 1.65. The number of hydrogen-bond acceptors (Lipinski definition) is 5. The van der Waals surface area contributed by atoms with Gasteiger partial charge in [-0.2, -0.15) is 0 Å². The molecule has 0 saturated carbocycles. The Labute approximate surface area is 145 Å². The number of nitrogens with one attached hydrogen (secondary N) is 1. The van der Waals surface area contributed by atoms with Crippen LogP contribution in [0.25, 0.3) is 10.6 Å². The first-order chi connectivity index (χ1) is 11.6. The normalized spacial score (nSPS) is 10.4. The molecular weight excluding hydrogens is 320 g/mol. The number of anilines is 1. The first-order valence-corrected chi connectivity index (χ1v) is 8.38. The molecule has 0 aliphatic rings. The van der Waals surface area contributed by atoms with Crippen molar-refractivity contribution in [2.45, 2.75) is 6.54 Å². The number of aromatic nitrogens is 2. The number of carbonyl (C=O) groups is 1. The predicted octanol–water partition coefficient (Wildman–Crippen LogP) is 3.20. The van der Waals surface area contributed by atoms with Crippen molar-refractivity contribution in [2.24, 2.45) is 0 Å². The second-order valence-corrected chi connectivity index (χ2v) is 6.56. The first-order valence-electron chi connectivity index (χ1n) is 7.57. The van der Waals surface area contributed by atoms with E-state index in [2.05, 4.69) is 15.5 Å². The lowest BCUT2D eigenvalue weighted by Crippen LogP contribution is -2.23. The van der Waals surface area contributed by atoms with Crippen LogP contribution in [0.1, 0.15) is 15.4 Å². The fourth-order valence-electron chi connectivity index (χ4n) is 2.21. The summed E-state index contributed by atoms with van der Waals surface area (Å²) in [5, 5.41) is 12.9. The van der Waals surface area contributed by atoms with Crippen LogP contribution in [-0.2, 0) is 6.54 Å². The Morgan fingerprint density at radius 1 is 1.08 bits per heavy atom. The van der Waals surface area contributed by atoms with E-state index in [0.717, 1.165) is 21.3 Å². The summed E-state index contributed by atoms with van der Waals surface area (Å²) in [6.07, 6.45) is 0. The van der Waals surface area contributed by atoms with Crippen LogP contribution in [0, 0.1) is 0 Å². The molecule has 122 valence electrons. The summed E-state index contributed by atoms with van der Waals surface area (Å²) in [5.74, 6) is -0.116. The van der Waals surface area contributed by atoms with Gasteiger partial charge in [0.25, 0.3) is 5.91 Å². The predicted molar refractivity (Wildman–Crippen MR) is 97.3 cm³/mol. The van der Waals surface area contributed by atoms with Gasteiger partial charge in [0.15, 0.2) is 0 Å². The van der Waals surface area contributed by atoms with Crippen LogP contribution in [0.15, 0.2) is 54.6 Å². The molecule has 0 bridgehead atoms. The third-order valence-corrected chi connectivity index (χ3v) is 4.48. The van der Waals surface area contributed by atoms with Gasteiger partial charge in [-0.05, 0) is 18.2 Å². The average Bonchev–Trinajstić information content (AvgIpc) is 3.09. The average molecular weight is 338 g/mol. The van der Waals surface area contributed by atoms with Gasteiger partial charge < -0.3 is 10.2 Å². The van der Waals surface area contributed by atoms with Crippen LogP contribution in [-0.4, -0.2) is 30.2 Å². The van der Waals surface area contributed by atoms with Crippen LogP contribution in [0.4, 0.5) is 5.69 Å². The van der Waals surface area contributed by atoms with E-state index < -0.39 is 0 Å². The molecule has 1 heterocycles. The number of amides is 1. The molecule has 3 aromatic rings. The van der Waals surface area contributed by atoms with Crippen molar-refractivity contribution in [3.05, 3.63) is 65.2 Å². The minimum absolute atomic E-state index is 0.116. The molecule has 0 radical (unpaired) electrons. The van der Waals surface area contributed by atoms with E-state index in [0.29, 0.717) is 12.1 Å². The molecule has 0 aliphatic heterocycles. The molecule has 0 fully saturated rings. The smallest absolute Gasteiger partial charge is 0.251 e. The van der Waals surface area contributed by atoms with E-state index >= 15 is 0 Å². The maximum absolute atomic E-state index is 12.3. The number of nitrogens with zero attached hydrogens (tertiary/aromatic N) is 3. The maximum Gasteiger partial charge on any atom is 0.251 e. The van der Waals surface area contributed by atoms with Crippen molar-refractivity contribution in [3.63, 3.8) is 0 Å². The van der Waals surface area contributed by atoms with Crippen molar-refractivity contribution < 1.29 is 4.79 Å². The van der Waals surface area contributed by atoms with Gasteiger partial charge in [0.2, 0.25) is 0 Å². The highest BCUT2D eigenvalue weighted by molar-refractivity contribution is 7.14. The monoisotopic (exact) mass is 338 g/mol. The van der Waals surface area contributed by atoms with Crippen LogP contribution >= 0.6 is 11.3 Å². The van der Waals surface area contributed by atoms with Crippen molar-refractivity contribution in [1.82, 2.24) is 15.5 Å². The van der Waals surface area contributed by atoms with Gasteiger partial charge in [0.05, 0.1) is 6.54 Å². The second-order valence-electron chi connectivity index (χ2n) is 5.49. The summed E-state index contributed by atoms with van der Waals surface area (Å²) < 4.78 is 0. The van der Waals surface area contributed by atoms with Crippen molar-refractivity contribution in [1.29, 1.82) is 0 Å². The Hall–Kier alpha value is -2.73. The summed E-state index contributed by atoms with van der Waals surface area (Å²) in [6.45, 7) is 0.371. The molecule has 5 nitrogen and oxygen atoms in total. The second kappa shape index (κ2) is 7.23. The Bertz CT molecular complexity index is 830. The zero-order valence-electron chi connectivity index (χ0n) is 13.6. The van der Waals surface area contributed by atoms with Crippen molar-refractivity contribution in [2.75, 3.05) is 19.0 Å². The molecule has 0 spiro atoms. The van der Waals surface area contributed by atoms with Crippen molar-refractivity contribution >= 4 is 22.9 Å². The van der Waals surface area contributed by atoms with Gasteiger partial charge in [-0.3, -0.25) is 4.79 Å². The summed E-state index contributed by atoms with van der Waals surface area (Å²) in [7, 11) is 3.90. The molecule has 1 amide bonds. The van der Waals surface area contributed by atoms with E-state index in [4.69, 9.17) is 0 Å². The van der Waals surface area contributed by atoms with E-state index in [1.165, 1.54) is 11.3 Å². The lowest BCUT2D eigenvalue weighted by Gasteiger charge is -2.13. The van der Waals surface area contributed by atoms with Gasteiger partial charge in [0, 0.05) is 30.9 Å². The molecule has 0 saturated heterocycles. The zero-order valence-corrected chi connectivity index (χ0v) is 14.4.